The second-order valence-corrected chi connectivity index (χ2v) is 9.81. The van der Waals surface area contributed by atoms with E-state index < -0.39 is 10.8 Å². The Morgan fingerprint density at radius 3 is 2.89 bits per heavy atom. The second-order valence-electron chi connectivity index (χ2n) is 6.70. The molecule has 152 valence electrons. The normalized spacial score (nSPS) is 21.7. The van der Waals surface area contributed by atoms with Gasteiger partial charge in [-0.05, 0) is 37.8 Å². The van der Waals surface area contributed by atoms with E-state index in [-0.39, 0.29) is 5.82 Å². The van der Waals surface area contributed by atoms with Crippen LogP contribution in [0.25, 0.3) is 0 Å². The van der Waals surface area contributed by atoms with Gasteiger partial charge < -0.3 is 10.6 Å². The maximum atomic E-state index is 13.6. The lowest BCUT2D eigenvalue weighted by molar-refractivity contribution is 0.413. The zero-order valence-electron chi connectivity index (χ0n) is 16.4. The van der Waals surface area contributed by atoms with E-state index in [1.54, 1.807) is 17.8 Å². The minimum atomic E-state index is -0.715. The molecule has 1 saturated carbocycles. The Labute approximate surface area is 169 Å². The number of guanidine groups is 1. The maximum absolute atomic E-state index is 13.6. The van der Waals surface area contributed by atoms with Crippen molar-refractivity contribution in [2.24, 2.45) is 4.99 Å². The first-order valence-corrected chi connectivity index (χ1v) is 12.4. The minimum absolute atomic E-state index is 0.139. The van der Waals surface area contributed by atoms with Crippen LogP contribution in [0.1, 0.15) is 45.1 Å². The van der Waals surface area contributed by atoms with Gasteiger partial charge in [0.15, 0.2) is 5.96 Å². The molecule has 4 nitrogen and oxygen atoms in total. The lowest BCUT2D eigenvalue weighted by Gasteiger charge is -2.30. The van der Waals surface area contributed by atoms with Crippen LogP contribution in [-0.4, -0.2) is 46.1 Å². The SMILES string of the molecule is CCNC(=NCCSCc1ccccc1F)NC1CCCC(S(=O)CC)C1. The van der Waals surface area contributed by atoms with Gasteiger partial charge in [-0.2, -0.15) is 11.8 Å². The maximum Gasteiger partial charge on any atom is 0.191 e. The average Bonchev–Trinajstić information content (AvgIpc) is 2.68. The van der Waals surface area contributed by atoms with Crippen LogP contribution < -0.4 is 10.6 Å². The Bertz CT molecular complexity index is 627. The van der Waals surface area contributed by atoms with Crippen LogP contribution in [0.5, 0.6) is 0 Å². The fraction of sp³-hybridized carbons (Fsp3) is 0.650. The van der Waals surface area contributed by atoms with Crippen LogP contribution in [0.3, 0.4) is 0 Å². The summed E-state index contributed by atoms with van der Waals surface area (Å²) >= 11 is 1.69. The Balaban J connectivity index is 1.78. The van der Waals surface area contributed by atoms with Gasteiger partial charge in [0.05, 0.1) is 6.54 Å². The molecule has 0 amide bonds. The zero-order chi connectivity index (χ0) is 19.5. The fourth-order valence-corrected chi connectivity index (χ4v) is 5.45. The molecule has 0 spiro atoms. The number of nitrogens with zero attached hydrogens (tertiary/aromatic N) is 1. The highest BCUT2D eigenvalue weighted by molar-refractivity contribution is 7.98. The lowest BCUT2D eigenvalue weighted by atomic mass is 9.95. The quantitative estimate of drug-likeness (QED) is 0.368. The number of benzene rings is 1. The molecule has 0 aromatic heterocycles. The molecule has 2 rings (SSSR count). The van der Waals surface area contributed by atoms with Gasteiger partial charge in [0.1, 0.15) is 5.82 Å². The molecule has 1 aromatic carbocycles. The van der Waals surface area contributed by atoms with Crippen LogP contribution in [-0.2, 0) is 16.6 Å². The number of hydrogen-bond acceptors (Lipinski definition) is 3. The topological polar surface area (TPSA) is 53.5 Å². The van der Waals surface area contributed by atoms with Crippen LogP contribution >= 0.6 is 11.8 Å². The van der Waals surface area contributed by atoms with Crippen molar-refractivity contribution in [3.63, 3.8) is 0 Å². The summed E-state index contributed by atoms with van der Waals surface area (Å²) in [4.78, 5) is 4.66. The van der Waals surface area contributed by atoms with Gasteiger partial charge in [-0.1, -0.05) is 31.5 Å². The first-order chi connectivity index (χ1) is 13.1. The molecular formula is C20H32FN3OS2. The Morgan fingerprint density at radius 2 is 2.15 bits per heavy atom. The van der Waals surface area contributed by atoms with E-state index in [9.17, 15) is 8.60 Å². The van der Waals surface area contributed by atoms with E-state index in [2.05, 4.69) is 22.5 Å². The van der Waals surface area contributed by atoms with E-state index in [4.69, 9.17) is 0 Å². The van der Waals surface area contributed by atoms with Gasteiger partial charge in [-0.25, -0.2) is 4.39 Å². The number of aliphatic imine (C=N–C) groups is 1. The zero-order valence-corrected chi connectivity index (χ0v) is 18.0. The Kier molecular flexibility index (Phi) is 10.2. The molecular weight excluding hydrogens is 381 g/mol. The molecule has 3 unspecified atom stereocenters. The molecule has 1 fully saturated rings. The first-order valence-electron chi connectivity index (χ1n) is 9.87. The van der Waals surface area contributed by atoms with Crippen LogP contribution in [0.2, 0.25) is 0 Å². The third-order valence-corrected chi connectivity index (χ3v) is 7.42. The number of thioether (sulfide) groups is 1. The number of halogens is 1. The Morgan fingerprint density at radius 1 is 1.33 bits per heavy atom. The smallest absolute Gasteiger partial charge is 0.191 e. The van der Waals surface area contributed by atoms with E-state index >= 15 is 0 Å². The van der Waals surface area contributed by atoms with Crippen molar-refractivity contribution in [1.29, 1.82) is 0 Å². The fourth-order valence-electron chi connectivity index (χ4n) is 3.28. The predicted molar refractivity (Wildman–Crippen MR) is 116 cm³/mol. The third-order valence-electron chi connectivity index (χ3n) is 4.69. The summed E-state index contributed by atoms with van der Waals surface area (Å²) in [6.07, 6.45) is 4.24. The van der Waals surface area contributed by atoms with Crippen molar-refractivity contribution in [3.8, 4) is 0 Å². The van der Waals surface area contributed by atoms with Crippen molar-refractivity contribution < 1.29 is 8.60 Å². The van der Waals surface area contributed by atoms with Crippen LogP contribution in [0, 0.1) is 5.82 Å². The van der Waals surface area contributed by atoms with E-state index in [1.807, 2.05) is 19.1 Å². The number of rotatable bonds is 9. The van der Waals surface area contributed by atoms with Gasteiger partial charge in [0, 0.05) is 45.9 Å². The second kappa shape index (κ2) is 12.4. The summed E-state index contributed by atoms with van der Waals surface area (Å²) in [7, 11) is -0.715. The molecule has 1 aliphatic rings. The summed E-state index contributed by atoms with van der Waals surface area (Å²) in [5.74, 6) is 2.94. The molecule has 3 atom stereocenters. The summed E-state index contributed by atoms with van der Waals surface area (Å²) in [6.45, 7) is 5.55. The number of nitrogens with one attached hydrogen (secondary N) is 2. The van der Waals surface area contributed by atoms with Gasteiger partial charge in [-0.3, -0.25) is 9.20 Å². The van der Waals surface area contributed by atoms with Gasteiger partial charge in [0.2, 0.25) is 0 Å². The van der Waals surface area contributed by atoms with Crippen molar-refractivity contribution in [3.05, 3.63) is 35.6 Å². The summed E-state index contributed by atoms with van der Waals surface area (Å²) in [6, 6.07) is 7.26. The third kappa shape index (κ3) is 7.82. The molecule has 1 aromatic rings. The highest BCUT2D eigenvalue weighted by Crippen LogP contribution is 2.23. The minimum Gasteiger partial charge on any atom is -0.357 e. The van der Waals surface area contributed by atoms with Gasteiger partial charge in [-0.15, -0.1) is 0 Å². The summed E-state index contributed by atoms with van der Waals surface area (Å²) in [5, 5.41) is 7.12. The van der Waals surface area contributed by atoms with Gasteiger partial charge >= 0.3 is 0 Å². The Hall–Kier alpha value is -1.08. The molecule has 0 aliphatic heterocycles. The van der Waals surface area contributed by atoms with E-state index in [0.29, 0.717) is 23.6 Å². The van der Waals surface area contributed by atoms with Gasteiger partial charge in [0.25, 0.3) is 0 Å². The van der Waals surface area contributed by atoms with Crippen molar-refractivity contribution in [2.45, 2.75) is 56.6 Å². The molecule has 0 bridgehead atoms. The monoisotopic (exact) mass is 413 g/mol. The summed E-state index contributed by atoms with van der Waals surface area (Å²) in [5.41, 5.74) is 0.744. The van der Waals surface area contributed by atoms with Crippen LogP contribution in [0.15, 0.2) is 29.3 Å². The molecule has 0 saturated heterocycles. The molecule has 0 radical (unpaired) electrons. The highest BCUT2D eigenvalue weighted by atomic mass is 32.2. The number of hydrogen-bond donors (Lipinski definition) is 2. The van der Waals surface area contributed by atoms with E-state index in [1.165, 1.54) is 6.07 Å². The molecule has 7 heteroatoms. The van der Waals surface area contributed by atoms with Crippen LogP contribution in [0.4, 0.5) is 4.39 Å². The molecule has 27 heavy (non-hydrogen) atoms. The standard InChI is InChI=1S/C20H32FN3OS2/c1-3-22-20(24-17-9-7-10-18(14-17)27(25)4-2)23-12-13-26-15-16-8-5-6-11-19(16)21/h5-6,8,11,17-18H,3-4,7,9-10,12-15H2,1-2H3,(H2,22,23,24). The molecule has 2 N–H and O–H groups in total. The highest BCUT2D eigenvalue weighted by Gasteiger charge is 2.25. The van der Waals surface area contributed by atoms with Crippen molar-refractivity contribution in [2.75, 3.05) is 24.6 Å². The summed E-state index contributed by atoms with van der Waals surface area (Å²) < 4.78 is 25.7. The largest absolute Gasteiger partial charge is 0.357 e. The molecule has 0 heterocycles. The lowest BCUT2D eigenvalue weighted by Crippen LogP contribution is -2.46. The van der Waals surface area contributed by atoms with Crippen molar-refractivity contribution in [1.82, 2.24) is 10.6 Å². The predicted octanol–water partition coefficient (Wildman–Crippen LogP) is 3.69. The average molecular weight is 414 g/mol. The van der Waals surface area contributed by atoms with E-state index in [0.717, 1.165) is 55.3 Å². The first kappa shape index (κ1) is 22.2. The van der Waals surface area contributed by atoms with Crippen molar-refractivity contribution >= 4 is 28.5 Å². The molecule has 1 aliphatic carbocycles.